The molecule has 1 aromatic carbocycles. The van der Waals surface area contributed by atoms with Crippen molar-refractivity contribution in [3.05, 3.63) is 77.1 Å². The number of piperidine rings is 1. The average molecular weight is 624 g/mol. The SMILES string of the molecule is CC(C)(C)OC(=O)N1CCC(n2cc(-c3cnc(N4CCO[C@H](Cn5nc(-c6cccc(C#N)c6)ccc5=O)C4)nc3)cn2)CC1. The molecule has 0 bridgehead atoms. The lowest BCUT2D eigenvalue weighted by Gasteiger charge is -2.33. The van der Waals surface area contributed by atoms with Crippen molar-refractivity contribution in [3.63, 3.8) is 0 Å². The number of carbonyl (C=O) groups is 1. The summed E-state index contributed by atoms with van der Waals surface area (Å²) >= 11 is 0. The number of rotatable bonds is 6. The van der Waals surface area contributed by atoms with E-state index in [1.54, 1.807) is 41.6 Å². The van der Waals surface area contributed by atoms with Gasteiger partial charge in [-0.1, -0.05) is 12.1 Å². The Morgan fingerprint density at radius 2 is 1.83 bits per heavy atom. The Morgan fingerprint density at radius 1 is 1.04 bits per heavy atom. The highest BCUT2D eigenvalue weighted by Gasteiger charge is 2.28. The summed E-state index contributed by atoms with van der Waals surface area (Å²) in [6.45, 7) is 8.74. The molecular formula is C33H37N9O4. The van der Waals surface area contributed by atoms with Gasteiger partial charge in [0.1, 0.15) is 5.60 Å². The number of hydrogen-bond acceptors (Lipinski definition) is 10. The Balaban J connectivity index is 1.06. The fourth-order valence-electron chi connectivity index (χ4n) is 5.65. The van der Waals surface area contributed by atoms with Crippen molar-refractivity contribution in [1.82, 2.24) is 34.4 Å². The molecule has 0 N–H and O–H groups in total. The molecule has 2 fully saturated rings. The highest BCUT2D eigenvalue weighted by Crippen LogP contribution is 2.27. The number of nitrogens with zero attached hydrogens (tertiary/aromatic N) is 9. The van der Waals surface area contributed by atoms with E-state index in [1.165, 1.54) is 10.7 Å². The second-order valence-corrected chi connectivity index (χ2v) is 12.5. The maximum absolute atomic E-state index is 12.6. The Morgan fingerprint density at radius 3 is 2.57 bits per heavy atom. The van der Waals surface area contributed by atoms with E-state index < -0.39 is 5.60 Å². The number of ether oxygens (including phenoxy) is 2. The molecule has 0 spiro atoms. The number of aromatic nitrogens is 6. The topological polar surface area (TPSA) is 144 Å². The third-order valence-corrected chi connectivity index (χ3v) is 8.02. The first-order valence-corrected chi connectivity index (χ1v) is 15.4. The molecule has 2 aliphatic heterocycles. The van der Waals surface area contributed by atoms with Gasteiger partial charge in [0, 0.05) is 67.5 Å². The fraction of sp³-hybridized carbons (Fsp3) is 0.424. The molecule has 2 saturated heterocycles. The summed E-state index contributed by atoms with van der Waals surface area (Å²) in [5.41, 5.74) is 2.95. The summed E-state index contributed by atoms with van der Waals surface area (Å²) in [4.78, 5) is 38.1. The van der Waals surface area contributed by atoms with E-state index in [4.69, 9.17) is 9.47 Å². The molecule has 1 atom stereocenters. The van der Waals surface area contributed by atoms with Crippen molar-refractivity contribution in [2.45, 2.75) is 57.9 Å². The minimum atomic E-state index is -0.509. The van der Waals surface area contributed by atoms with Gasteiger partial charge < -0.3 is 19.3 Å². The molecule has 0 aliphatic carbocycles. The number of hydrogen-bond donors (Lipinski definition) is 0. The predicted octanol–water partition coefficient (Wildman–Crippen LogP) is 3.91. The third-order valence-electron chi connectivity index (χ3n) is 8.02. The molecule has 13 nitrogen and oxygen atoms in total. The van der Waals surface area contributed by atoms with Crippen molar-refractivity contribution in [2.75, 3.05) is 37.7 Å². The summed E-state index contributed by atoms with van der Waals surface area (Å²) in [7, 11) is 0. The van der Waals surface area contributed by atoms with Crippen molar-refractivity contribution < 1.29 is 14.3 Å². The number of carbonyl (C=O) groups excluding carboxylic acids is 1. The number of likely N-dealkylation sites (tertiary alicyclic amines) is 1. The normalized spacial score (nSPS) is 17.5. The zero-order valence-electron chi connectivity index (χ0n) is 26.2. The van der Waals surface area contributed by atoms with Gasteiger partial charge >= 0.3 is 6.09 Å². The van der Waals surface area contributed by atoms with Gasteiger partial charge in [0.25, 0.3) is 5.56 Å². The summed E-state index contributed by atoms with van der Waals surface area (Å²) in [6, 6.07) is 12.6. The minimum Gasteiger partial charge on any atom is -0.444 e. The Labute approximate surface area is 267 Å². The molecule has 46 heavy (non-hydrogen) atoms. The number of amides is 1. The van der Waals surface area contributed by atoms with Gasteiger partial charge in [-0.05, 0) is 51.8 Å². The second-order valence-electron chi connectivity index (χ2n) is 12.5. The highest BCUT2D eigenvalue weighted by atomic mass is 16.6. The average Bonchev–Trinajstić information content (AvgIpc) is 3.56. The van der Waals surface area contributed by atoms with Gasteiger partial charge in [-0.25, -0.2) is 19.4 Å². The van der Waals surface area contributed by atoms with Gasteiger partial charge in [-0.3, -0.25) is 9.48 Å². The van der Waals surface area contributed by atoms with Crippen LogP contribution in [-0.2, 0) is 16.0 Å². The van der Waals surface area contributed by atoms with Crippen LogP contribution in [0.25, 0.3) is 22.4 Å². The maximum Gasteiger partial charge on any atom is 0.410 e. The van der Waals surface area contributed by atoms with Crippen molar-refractivity contribution in [1.29, 1.82) is 5.26 Å². The summed E-state index contributed by atoms with van der Waals surface area (Å²) in [6.07, 6.45) is 8.46. The summed E-state index contributed by atoms with van der Waals surface area (Å²) in [5.74, 6) is 0.585. The van der Waals surface area contributed by atoms with Crippen LogP contribution in [0.3, 0.4) is 0 Å². The lowest BCUT2D eigenvalue weighted by atomic mass is 10.1. The lowest BCUT2D eigenvalue weighted by molar-refractivity contribution is 0.0184. The molecule has 2 aliphatic rings. The summed E-state index contributed by atoms with van der Waals surface area (Å²) < 4.78 is 14.9. The van der Waals surface area contributed by atoms with Crippen LogP contribution in [-0.4, -0.2) is 85.0 Å². The molecule has 4 aromatic rings. The monoisotopic (exact) mass is 623 g/mol. The smallest absolute Gasteiger partial charge is 0.410 e. The van der Waals surface area contributed by atoms with E-state index in [9.17, 15) is 14.9 Å². The molecule has 6 rings (SSSR count). The first-order valence-electron chi connectivity index (χ1n) is 15.4. The quantitative estimate of drug-likeness (QED) is 0.310. The molecule has 13 heteroatoms. The van der Waals surface area contributed by atoms with E-state index in [1.807, 2.05) is 48.8 Å². The molecule has 1 amide bonds. The van der Waals surface area contributed by atoms with Crippen molar-refractivity contribution in [3.8, 4) is 28.5 Å². The predicted molar refractivity (Wildman–Crippen MR) is 170 cm³/mol. The van der Waals surface area contributed by atoms with Gasteiger partial charge in [0.15, 0.2) is 0 Å². The molecule has 0 radical (unpaired) electrons. The standard InChI is InChI=1S/C33H37N9O4/c1-33(2,3)46-32(44)39-11-9-27(10-12-39)41-20-26(19-37-41)25-17-35-31(36-18-25)40-13-14-45-28(21-40)22-42-30(43)8-7-29(38-42)24-6-4-5-23(15-24)16-34/h4-8,15,17-20,27-28H,9-14,21-22H2,1-3H3/t28-/m0/s1. The molecular weight excluding hydrogens is 586 g/mol. The van der Waals surface area contributed by atoms with Gasteiger partial charge in [0.2, 0.25) is 5.95 Å². The van der Waals surface area contributed by atoms with Gasteiger partial charge in [-0.2, -0.15) is 15.5 Å². The Kier molecular flexibility index (Phi) is 8.81. The molecule has 3 aromatic heterocycles. The van der Waals surface area contributed by atoms with Crippen LogP contribution >= 0.6 is 0 Å². The number of morpholine rings is 1. The van der Waals surface area contributed by atoms with Crippen LogP contribution in [0.4, 0.5) is 10.7 Å². The molecule has 0 unspecified atom stereocenters. The lowest BCUT2D eigenvalue weighted by Crippen LogP contribution is -2.46. The van der Waals surface area contributed by atoms with Crippen LogP contribution in [0.5, 0.6) is 0 Å². The highest BCUT2D eigenvalue weighted by molar-refractivity contribution is 5.68. The minimum absolute atomic E-state index is 0.198. The fourth-order valence-corrected chi connectivity index (χ4v) is 5.65. The van der Waals surface area contributed by atoms with Crippen LogP contribution in [0.1, 0.15) is 45.2 Å². The van der Waals surface area contributed by atoms with E-state index in [2.05, 4.69) is 26.2 Å². The van der Waals surface area contributed by atoms with Gasteiger partial charge in [0.05, 0.1) is 48.8 Å². The zero-order valence-corrected chi connectivity index (χ0v) is 26.2. The Hall–Kier alpha value is -5.09. The van der Waals surface area contributed by atoms with Crippen LogP contribution < -0.4 is 10.5 Å². The van der Waals surface area contributed by atoms with Crippen LogP contribution in [0, 0.1) is 11.3 Å². The number of nitriles is 1. The number of anilines is 1. The zero-order chi connectivity index (χ0) is 32.3. The second kappa shape index (κ2) is 13.1. The van der Waals surface area contributed by atoms with E-state index in [-0.39, 0.29) is 30.3 Å². The first kappa shape index (κ1) is 30.9. The summed E-state index contributed by atoms with van der Waals surface area (Å²) in [5, 5.41) is 18.4. The first-order chi connectivity index (χ1) is 22.1. The Bertz CT molecular complexity index is 1780. The van der Waals surface area contributed by atoms with Crippen LogP contribution in [0.2, 0.25) is 0 Å². The third kappa shape index (κ3) is 7.24. The van der Waals surface area contributed by atoms with E-state index in [0.717, 1.165) is 29.5 Å². The van der Waals surface area contributed by atoms with E-state index in [0.29, 0.717) is 50.0 Å². The molecule has 0 saturated carbocycles. The van der Waals surface area contributed by atoms with Gasteiger partial charge in [-0.15, -0.1) is 0 Å². The van der Waals surface area contributed by atoms with Crippen molar-refractivity contribution in [2.24, 2.45) is 0 Å². The number of benzene rings is 1. The molecule has 238 valence electrons. The molecule has 5 heterocycles. The van der Waals surface area contributed by atoms with E-state index >= 15 is 0 Å². The van der Waals surface area contributed by atoms with Crippen LogP contribution in [0.15, 0.2) is 66.0 Å². The van der Waals surface area contributed by atoms with Crippen molar-refractivity contribution >= 4 is 12.0 Å². The largest absolute Gasteiger partial charge is 0.444 e. The maximum atomic E-state index is 12.6.